The summed E-state index contributed by atoms with van der Waals surface area (Å²) in [7, 11) is 0. The summed E-state index contributed by atoms with van der Waals surface area (Å²) in [6, 6.07) is 17.7. The summed E-state index contributed by atoms with van der Waals surface area (Å²) in [5.41, 5.74) is 0.847. The fourth-order valence-corrected chi connectivity index (χ4v) is 3.55. The summed E-state index contributed by atoms with van der Waals surface area (Å²) in [5.74, 6) is 2.46. The Kier molecular flexibility index (Phi) is 5.23. The average molecular weight is 364 g/mol. The van der Waals surface area contributed by atoms with E-state index in [0.29, 0.717) is 13.2 Å². The number of benzene rings is 2. The molecule has 0 amide bonds. The third kappa shape index (κ3) is 4.04. The maximum absolute atomic E-state index is 10.0. The molecule has 4 rings (SSSR count). The second-order valence-electron chi connectivity index (χ2n) is 7.09. The quantitative estimate of drug-likeness (QED) is 0.714. The first-order chi connectivity index (χ1) is 13.3. The molecule has 3 aromatic rings. The summed E-state index contributed by atoms with van der Waals surface area (Å²) >= 11 is 0. The van der Waals surface area contributed by atoms with Crippen molar-refractivity contribution in [3.8, 4) is 22.9 Å². The van der Waals surface area contributed by atoms with Crippen molar-refractivity contribution in [1.29, 1.82) is 0 Å². The van der Waals surface area contributed by atoms with Gasteiger partial charge >= 0.3 is 0 Å². The van der Waals surface area contributed by atoms with E-state index in [9.17, 15) is 5.11 Å². The Morgan fingerprint density at radius 1 is 1.04 bits per heavy atom. The van der Waals surface area contributed by atoms with Crippen LogP contribution in [-0.4, -0.2) is 34.5 Å². The lowest BCUT2D eigenvalue weighted by Gasteiger charge is -2.36. The maximum atomic E-state index is 10.0. The first-order valence-electron chi connectivity index (χ1n) is 9.31. The van der Waals surface area contributed by atoms with E-state index in [1.165, 1.54) is 0 Å². The van der Waals surface area contributed by atoms with E-state index >= 15 is 0 Å². The number of rotatable bonds is 6. The van der Waals surface area contributed by atoms with Gasteiger partial charge in [0.15, 0.2) is 0 Å². The van der Waals surface area contributed by atoms with Crippen LogP contribution >= 0.6 is 0 Å². The SMILES string of the molecule is OCC1(Cn2ccnc2-c2cccc(Oc3ccccc3)c2)CCOCC1. The molecule has 27 heavy (non-hydrogen) atoms. The molecule has 5 heteroatoms. The van der Waals surface area contributed by atoms with Crippen molar-refractivity contribution in [2.45, 2.75) is 19.4 Å². The van der Waals surface area contributed by atoms with Crippen molar-refractivity contribution < 1.29 is 14.6 Å². The highest BCUT2D eigenvalue weighted by molar-refractivity contribution is 5.58. The number of imidazole rings is 1. The predicted molar refractivity (Wildman–Crippen MR) is 104 cm³/mol. The number of aliphatic hydroxyl groups excluding tert-OH is 1. The summed E-state index contributed by atoms with van der Waals surface area (Å²) in [6.45, 7) is 2.28. The van der Waals surface area contributed by atoms with Crippen molar-refractivity contribution in [3.05, 3.63) is 67.0 Å². The van der Waals surface area contributed by atoms with E-state index in [2.05, 4.69) is 9.55 Å². The van der Waals surface area contributed by atoms with Gasteiger partial charge in [0.2, 0.25) is 0 Å². The fourth-order valence-electron chi connectivity index (χ4n) is 3.55. The van der Waals surface area contributed by atoms with E-state index in [1.807, 2.05) is 67.0 Å². The van der Waals surface area contributed by atoms with Crippen molar-refractivity contribution in [1.82, 2.24) is 9.55 Å². The third-order valence-electron chi connectivity index (χ3n) is 5.18. The average Bonchev–Trinajstić information content (AvgIpc) is 3.17. The highest BCUT2D eigenvalue weighted by atomic mass is 16.5. The van der Waals surface area contributed by atoms with E-state index in [1.54, 1.807) is 0 Å². The first kappa shape index (κ1) is 17.8. The molecule has 1 fully saturated rings. The van der Waals surface area contributed by atoms with Gasteiger partial charge in [0, 0.05) is 43.1 Å². The minimum Gasteiger partial charge on any atom is -0.457 e. The lowest BCUT2D eigenvalue weighted by atomic mass is 9.81. The molecule has 1 aliphatic rings. The van der Waals surface area contributed by atoms with Gasteiger partial charge in [-0.15, -0.1) is 0 Å². The van der Waals surface area contributed by atoms with Crippen LogP contribution in [0.1, 0.15) is 12.8 Å². The number of hydrogen-bond acceptors (Lipinski definition) is 4. The standard InChI is InChI=1S/C22H24N2O3/c25-17-22(9-13-26-14-10-22)16-24-12-11-23-21(24)18-5-4-8-20(15-18)27-19-6-2-1-3-7-19/h1-8,11-12,15,25H,9-10,13-14,16-17H2. The lowest BCUT2D eigenvalue weighted by molar-refractivity contribution is -0.0250. The first-order valence-corrected chi connectivity index (χ1v) is 9.31. The molecule has 0 bridgehead atoms. The molecule has 0 atom stereocenters. The summed E-state index contributed by atoms with van der Waals surface area (Å²) in [4.78, 5) is 4.56. The summed E-state index contributed by atoms with van der Waals surface area (Å²) < 4.78 is 13.6. The highest BCUT2D eigenvalue weighted by Crippen LogP contribution is 2.34. The minimum absolute atomic E-state index is 0.147. The molecule has 0 unspecified atom stereocenters. The van der Waals surface area contributed by atoms with E-state index in [0.717, 1.165) is 42.3 Å². The monoisotopic (exact) mass is 364 g/mol. The number of para-hydroxylation sites is 1. The number of nitrogens with zero attached hydrogens (tertiary/aromatic N) is 2. The van der Waals surface area contributed by atoms with Crippen LogP contribution in [-0.2, 0) is 11.3 Å². The van der Waals surface area contributed by atoms with Crippen LogP contribution in [0.25, 0.3) is 11.4 Å². The molecule has 140 valence electrons. The molecule has 0 radical (unpaired) electrons. The van der Waals surface area contributed by atoms with Crippen LogP contribution in [0.15, 0.2) is 67.0 Å². The van der Waals surface area contributed by atoms with Gasteiger partial charge in [-0.05, 0) is 37.1 Å². The van der Waals surface area contributed by atoms with Crippen LogP contribution in [0.4, 0.5) is 0 Å². The lowest BCUT2D eigenvalue weighted by Crippen LogP contribution is -2.37. The van der Waals surface area contributed by atoms with E-state index in [4.69, 9.17) is 9.47 Å². The third-order valence-corrected chi connectivity index (χ3v) is 5.18. The van der Waals surface area contributed by atoms with Gasteiger partial charge in [-0.2, -0.15) is 0 Å². The molecule has 1 aliphatic heterocycles. The molecule has 2 heterocycles. The Morgan fingerprint density at radius 2 is 1.81 bits per heavy atom. The predicted octanol–water partition coefficient (Wildman–Crippen LogP) is 4.13. The van der Waals surface area contributed by atoms with Gasteiger partial charge in [0.05, 0.1) is 6.61 Å². The van der Waals surface area contributed by atoms with Crippen LogP contribution in [0.3, 0.4) is 0 Å². The van der Waals surface area contributed by atoms with E-state index < -0.39 is 0 Å². The van der Waals surface area contributed by atoms with Crippen LogP contribution in [0.5, 0.6) is 11.5 Å². The molecule has 5 nitrogen and oxygen atoms in total. The zero-order valence-electron chi connectivity index (χ0n) is 15.3. The molecular formula is C22H24N2O3. The van der Waals surface area contributed by atoms with Gasteiger partial charge in [-0.25, -0.2) is 4.98 Å². The van der Waals surface area contributed by atoms with E-state index in [-0.39, 0.29) is 12.0 Å². The molecule has 1 N–H and O–H groups in total. The van der Waals surface area contributed by atoms with Gasteiger partial charge in [0.1, 0.15) is 17.3 Å². The maximum Gasteiger partial charge on any atom is 0.140 e. The largest absolute Gasteiger partial charge is 0.457 e. The number of aliphatic hydroxyl groups is 1. The summed E-state index contributed by atoms with van der Waals surface area (Å²) in [6.07, 6.45) is 5.51. The van der Waals surface area contributed by atoms with Crippen LogP contribution < -0.4 is 4.74 Å². The molecule has 0 spiro atoms. The molecule has 2 aromatic carbocycles. The van der Waals surface area contributed by atoms with Gasteiger partial charge in [0.25, 0.3) is 0 Å². The molecular weight excluding hydrogens is 340 g/mol. The second kappa shape index (κ2) is 7.94. The number of aromatic nitrogens is 2. The van der Waals surface area contributed by atoms with Gasteiger partial charge in [-0.3, -0.25) is 0 Å². The Balaban J connectivity index is 1.58. The summed E-state index contributed by atoms with van der Waals surface area (Å²) in [5, 5.41) is 10.0. The normalized spacial score (nSPS) is 16.2. The Bertz CT molecular complexity index is 870. The zero-order valence-corrected chi connectivity index (χ0v) is 15.3. The number of ether oxygens (including phenoxy) is 2. The Labute approximate surface area is 159 Å². The molecule has 1 aromatic heterocycles. The van der Waals surface area contributed by atoms with Crippen molar-refractivity contribution in [2.75, 3.05) is 19.8 Å². The van der Waals surface area contributed by atoms with Crippen molar-refractivity contribution in [3.63, 3.8) is 0 Å². The smallest absolute Gasteiger partial charge is 0.140 e. The van der Waals surface area contributed by atoms with Gasteiger partial charge in [-0.1, -0.05) is 30.3 Å². The van der Waals surface area contributed by atoms with Crippen molar-refractivity contribution in [2.24, 2.45) is 5.41 Å². The highest BCUT2D eigenvalue weighted by Gasteiger charge is 2.33. The Hall–Kier alpha value is -2.63. The fraction of sp³-hybridized carbons (Fsp3) is 0.318. The number of hydrogen-bond donors (Lipinski definition) is 1. The minimum atomic E-state index is -0.147. The Morgan fingerprint density at radius 3 is 2.59 bits per heavy atom. The molecule has 0 saturated carbocycles. The topological polar surface area (TPSA) is 56.5 Å². The zero-order chi connectivity index (χ0) is 18.5. The van der Waals surface area contributed by atoms with Crippen molar-refractivity contribution >= 4 is 0 Å². The van der Waals surface area contributed by atoms with Crippen LogP contribution in [0, 0.1) is 5.41 Å². The second-order valence-corrected chi connectivity index (χ2v) is 7.09. The van der Waals surface area contributed by atoms with Gasteiger partial charge < -0.3 is 19.1 Å². The molecule has 0 aliphatic carbocycles. The van der Waals surface area contributed by atoms with Crippen LogP contribution in [0.2, 0.25) is 0 Å². The molecule has 1 saturated heterocycles.